The molecule has 2 aromatic rings. The van der Waals surface area contributed by atoms with Crippen molar-refractivity contribution >= 4 is 0 Å². The van der Waals surface area contributed by atoms with Gasteiger partial charge in [-0.1, -0.05) is 60.7 Å². The van der Waals surface area contributed by atoms with Gasteiger partial charge >= 0.3 is 0 Å². The maximum Gasteiger partial charge on any atom is 0.202 e. The maximum absolute atomic E-state index is 9.36. The summed E-state index contributed by atoms with van der Waals surface area (Å²) in [7, 11) is 0. The summed E-state index contributed by atoms with van der Waals surface area (Å²) in [4.78, 5) is 0. The lowest BCUT2D eigenvalue weighted by Crippen LogP contribution is -2.38. The van der Waals surface area contributed by atoms with Crippen molar-refractivity contribution in [3.05, 3.63) is 83.7 Å². The Morgan fingerprint density at radius 1 is 0.955 bits per heavy atom. The van der Waals surface area contributed by atoms with Gasteiger partial charge in [0.25, 0.3) is 0 Å². The molecule has 0 amide bonds. The Morgan fingerprint density at radius 3 is 2.23 bits per heavy atom. The van der Waals surface area contributed by atoms with E-state index in [1.165, 1.54) is 5.56 Å². The van der Waals surface area contributed by atoms with Gasteiger partial charge in [-0.25, -0.2) is 5.43 Å². The number of aliphatic hydroxyl groups excluding tert-OH is 1. The highest BCUT2D eigenvalue weighted by Gasteiger charge is 2.23. The molecule has 3 rings (SSSR count). The average molecular weight is 296 g/mol. The predicted octanol–water partition coefficient (Wildman–Crippen LogP) is 2.43. The summed E-state index contributed by atoms with van der Waals surface area (Å²) in [5.41, 5.74) is 5.55. The van der Waals surface area contributed by atoms with Crippen LogP contribution in [-0.2, 0) is 17.9 Å². The Hall–Kier alpha value is -2.30. The molecule has 0 saturated heterocycles. The molecule has 0 spiro atoms. The number of nitrogens with zero attached hydrogens (tertiary/aromatic N) is 1. The average Bonchev–Trinajstić information content (AvgIpc) is 2.97. The third-order valence-electron chi connectivity index (χ3n) is 3.54. The van der Waals surface area contributed by atoms with Crippen LogP contribution in [0.1, 0.15) is 11.1 Å². The van der Waals surface area contributed by atoms with Crippen LogP contribution in [0, 0.1) is 0 Å². The Bertz CT molecular complexity index is 613. The van der Waals surface area contributed by atoms with Crippen molar-refractivity contribution in [2.75, 3.05) is 6.61 Å². The fraction of sp³-hybridized carbons (Fsp3) is 0.222. The zero-order chi connectivity index (χ0) is 15.2. The second-order valence-electron chi connectivity index (χ2n) is 5.27. The minimum atomic E-state index is -0.102. The summed E-state index contributed by atoms with van der Waals surface area (Å²) in [6.45, 7) is 1.25. The maximum atomic E-state index is 9.36. The van der Waals surface area contributed by atoms with E-state index in [1.54, 1.807) is 0 Å². The van der Waals surface area contributed by atoms with Crippen LogP contribution in [0.25, 0.3) is 0 Å². The van der Waals surface area contributed by atoms with Gasteiger partial charge in [-0.3, -0.25) is 5.01 Å². The Labute approximate surface area is 130 Å². The van der Waals surface area contributed by atoms with E-state index in [-0.39, 0.29) is 12.6 Å². The van der Waals surface area contributed by atoms with Crippen LogP contribution < -0.4 is 5.43 Å². The summed E-state index contributed by atoms with van der Waals surface area (Å²) in [6.07, 6.45) is 1.92. The van der Waals surface area contributed by atoms with E-state index >= 15 is 0 Å². The lowest BCUT2D eigenvalue weighted by molar-refractivity contribution is 0.0749. The Kier molecular flexibility index (Phi) is 4.73. The summed E-state index contributed by atoms with van der Waals surface area (Å²) < 4.78 is 5.92. The third-order valence-corrected chi connectivity index (χ3v) is 3.54. The molecular formula is C18H20N2O2. The van der Waals surface area contributed by atoms with Crippen LogP contribution in [0.15, 0.2) is 72.6 Å². The van der Waals surface area contributed by atoms with E-state index in [1.807, 2.05) is 59.6 Å². The normalized spacial score (nSPS) is 17.4. The van der Waals surface area contributed by atoms with E-state index < -0.39 is 0 Å². The van der Waals surface area contributed by atoms with Gasteiger partial charge < -0.3 is 9.84 Å². The van der Waals surface area contributed by atoms with Crippen LogP contribution in [0.3, 0.4) is 0 Å². The van der Waals surface area contributed by atoms with E-state index in [4.69, 9.17) is 4.74 Å². The predicted molar refractivity (Wildman–Crippen MR) is 85.3 cm³/mol. The van der Waals surface area contributed by atoms with Gasteiger partial charge in [0.05, 0.1) is 19.2 Å². The molecule has 0 fully saturated rings. The Balaban J connectivity index is 1.66. The summed E-state index contributed by atoms with van der Waals surface area (Å²) in [6, 6.07) is 20.1. The van der Waals surface area contributed by atoms with E-state index in [0.29, 0.717) is 13.2 Å². The summed E-state index contributed by atoms with van der Waals surface area (Å²) in [5, 5.41) is 11.3. The first-order valence-corrected chi connectivity index (χ1v) is 7.42. The topological polar surface area (TPSA) is 44.7 Å². The molecule has 4 heteroatoms. The number of hydrogen-bond acceptors (Lipinski definition) is 4. The van der Waals surface area contributed by atoms with E-state index in [2.05, 4.69) is 17.6 Å². The number of ether oxygens (including phenoxy) is 1. The van der Waals surface area contributed by atoms with Gasteiger partial charge in [-0.2, -0.15) is 0 Å². The highest BCUT2D eigenvalue weighted by molar-refractivity contribution is 5.18. The number of hydrazine groups is 1. The van der Waals surface area contributed by atoms with Crippen molar-refractivity contribution in [2.24, 2.45) is 0 Å². The van der Waals surface area contributed by atoms with Gasteiger partial charge in [-0.15, -0.1) is 0 Å². The first-order valence-electron chi connectivity index (χ1n) is 7.42. The van der Waals surface area contributed by atoms with Crippen LogP contribution in [0.2, 0.25) is 0 Å². The number of aliphatic hydroxyl groups is 1. The number of rotatable bonds is 6. The molecular weight excluding hydrogens is 276 g/mol. The van der Waals surface area contributed by atoms with Crippen LogP contribution in [0.5, 0.6) is 0 Å². The quantitative estimate of drug-likeness (QED) is 0.859. The molecule has 0 saturated carbocycles. The van der Waals surface area contributed by atoms with Crippen molar-refractivity contribution in [2.45, 2.75) is 19.2 Å². The molecule has 1 atom stereocenters. The lowest BCUT2D eigenvalue weighted by atomic mass is 10.2. The zero-order valence-electron chi connectivity index (χ0n) is 12.4. The first kappa shape index (κ1) is 14.6. The SMILES string of the molecule is OCC1C=C(OCc2ccccc2)N(Cc2ccccc2)N1. The van der Waals surface area contributed by atoms with Crippen molar-refractivity contribution in [1.29, 1.82) is 0 Å². The molecule has 22 heavy (non-hydrogen) atoms. The highest BCUT2D eigenvalue weighted by Crippen LogP contribution is 2.18. The molecule has 1 heterocycles. The molecule has 1 aliphatic heterocycles. The largest absolute Gasteiger partial charge is 0.473 e. The second kappa shape index (κ2) is 7.11. The number of benzene rings is 2. The molecule has 2 aromatic carbocycles. The van der Waals surface area contributed by atoms with Crippen molar-refractivity contribution in [1.82, 2.24) is 10.4 Å². The highest BCUT2D eigenvalue weighted by atomic mass is 16.5. The first-order chi connectivity index (χ1) is 10.8. The molecule has 114 valence electrons. The molecule has 0 bridgehead atoms. The van der Waals surface area contributed by atoms with Gasteiger partial charge in [0.15, 0.2) is 0 Å². The second-order valence-corrected chi connectivity index (χ2v) is 5.27. The minimum absolute atomic E-state index is 0.0451. The molecule has 2 N–H and O–H groups in total. The molecule has 0 aliphatic carbocycles. The zero-order valence-corrected chi connectivity index (χ0v) is 12.4. The monoisotopic (exact) mass is 296 g/mol. The fourth-order valence-corrected chi connectivity index (χ4v) is 2.40. The van der Waals surface area contributed by atoms with Gasteiger partial charge in [-0.05, 0) is 17.2 Å². The van der Waals surface area contributed by atoms with E-state index in [9.17, 15) is 5.11 Å². The van der Waals surface area contributed by atoms with Crippen LogP contribution in [-0.4, -0.2) is 22.8 Å². The molecule has 0 radical (unpaired) electrons. The molecule has 4 nitrogen and oxygen atoms in total. The smallest absolute Gasteiger partial charge is 0.202 e. The summed E-state index contributed by atoms with van der Waals surface area (Å²) >= 11 is 0. The van der Waals surface area contributed by atoms with Crippen LogP contribution >= 0.6 is 0 Å². The summed E-state index contributed by atoms with van der Waals surface area (Å²) in [5.74, 6) is 0.756. The van der Waals surface area contributed by atoms with E-state index in [0.717, 1.165) is 11.4 Å². The third kappa shape index (κ3) is 3.67. The van der Waals surface area contributed by atoms with Crippen molar-refractivity contribution < 1.29 is 9.84 Å². The lowest BCUT2D eigenvalue weighted by Gasteiger charge is -2.23. The fourth-order valence-electron chi connectivity index (χ4n) is 2.40. The van der Waals surface area contributed by atoms with Crippen molar-refractivity contribution in [3.8, 4) is 0 Å². The number of hydrogen-bond donors (Lipinski definition) is 2. The van der Waals surface area contributed by atoms with Crippen molar-refractivity contribution in [3.63, 3.8) is 0 Å². The molecule has 1 unspecified atom stereocenters. The molecule has 1 aliphatic rings. The Morgan fingerprint density at radius 2 is 1.59 bits per heavy atom. The standard InChI is InChI=1S/C18H20N2O2/c21-13-17-11-18(22-14-16-9-5-2-6-10-16)20(19-17)12-15-7-3-1-4-8-15/h1-11,17,19,21H,12-14H2. The van der Waals surface area contributed by atoms with Gasteiger partial charge in [0.2, 0.25) is 5.88 Å². The van der Waals surface area contributed by atoms with Gasteiger partial charge in [0, 0.05) is 0 Å². The molecule has 0 aromatic heterocycles. The van der Waals surface area contributed by atoms with Gasteiger partial charge in [0.1, 0.15) is 6.61 Å². The minimum Gasteiger partial charge on any atom is -0.473 e. The van der Waals surface area contributed by atoms with Crippen LogP contribution in [0.4, 0.5) is 0 Å². The number of nitrogens with one attached hydrogen (secondary N) is 1.